The second kappa shape index (κ2) is 5.40. The van der Waals surface area contributed by atoms with Gasteiger partial charge in [0.15, 0.2) is 5.75 Å². The van der Waals surface area contributed by atoms with Crippen LogP contribution in [0.3, 0.4) is 0 Å². The number of hydrogen-bond donors (Lipinski definition) is 1. The predicted octanol–water partition coefficient (Wildman–Crippen LogP) is 2.10. The van der Waals surface area contributed by atoms with Gasteiger partial charge < -0.3 is 10.0 Å². The van der Waals surface area contributed by atoms with E-state index in [1.165, 1.54) is 25.9 Å². The summed E-state index contributed by atoms with van der Waals surface area (Å²) < 4.78 is 1.91. The Labute approximate surface area is 119 Å². The average Bonchev–Trinajstić information content (AvgIpc) is 2.84. The van der Waals surface area contributed by atoms with Crippen molar-refractivity contribution < 1.29 is 5.11 Å². The van der Waals surface area contributed by atoms with Gasteiger partial charge in [0.05, 0.1) is 0 Å². The molecule has 0 unspecified atom stereocenters. The van der Waals surface area contributed by atoms with Crippen LogP contribution in [0.5, 0.6) is 5.75 Å². The Hall–Kier alpha value is -1.62. The Kier molecular flexibility index (Phi) is 3.61. The third-order valence-electron chi connectivity index (χ3n) is 4.34. The van der Waals surface area contributed by atoms with Crippen molar-refractivity contribution in [3.63, 3.8) is 0 Å². The fourth-order valence-corrected chi connectivity index (χ4v) is 3.02. The number of pyridine rings is 1. The van der Waals surface area contributed by atoms with Crippen LogP contribution in [-0.4, -0.2) is 43.7 Å². The van der Waals surface area contributed by atoms with E-state index in [-0.39, 0.29) is 5.75 Å². The minimum atomic E-state index is 0.195. The largest absolute Gasteiger partial charge is 0.504 e. The molecule has 2 aromatic rings. The first-order valence-corrected chi connectivity index (χ1v) is 7.41. The molecule has 0 radical (unpaired) electrons. The molecule has 3 rings (SSSR count). The van der Waals surface area contributed by atoms with Crippen molar-refractivity contribution in [2.45, 2.75) is 39.2 Å². The Morgan fingerprint density at radius 3 is 2.75 bits per heavy atom. The number of fused-ring (bicyclic) bond motifs is 1. The monoisotopic (exact) mass is 274 g/mol. The fraction of sp³-hybridized carbons (Fsp3) is 0.600. The molecule has 0 saturated carbocycles. The van der Waals surface area contributed by atoms with Gasteiger partial charge in [-0.15, -0.1) is 10.2 Å². The molecule has 0 amide bonds. The minimum absolute atomic E-state index is 0.195. The van der Waals surface area contributed by atoms with Gasteiger partial charge >= 0.3 is 0 Å². The van der Waals surface area contributed by atoms with Crippen molar-refractivity contribution in [1.82, 2.24) is 19.5 Å². The quantitative estimate of drug-likeness (QED) is 0.931. The Morgan fingerprint density at radius 2 is 2.05 bits per heavy atom. The van der Waals surface area contributed by atoms with E-state index >= 15 is 0 Å². The van der Waals surface area contributed by atoms with Gasteiger partial charge in [-0.3, -0.25) is 4.40 Å². The molecule has 0 aromatic carbocycles. The van der Waals surface area contributed by atoms with E-state index in [0.717, 1.165) is 12.2 Å². The summed E-state index contributed by atoms with van der Waals surface area (Å²) in [6.45, 7) is 6.86. The molecule has 108 valence electrons. The van der Waals surface area contributed by atoms with Crippen LogP contribution in [0.25, 0.3) is 5.65 Å². The van der Waals surface area contributed by atoms with Crippen LogP contribution in [0.15, 0.2) is 18.3 Å². The molecule has 1 fully saturated rings. The number of aromatic hydroxyl groups is 1. The smallest absolute Gasteiger partial charge is 0.203 e. The Balaban J connectivity index is 1.70. The standard InChI is InChI=1S/C15H22N4O/c1-11(2)18-8-5-12(6-9-18)10-14-16-17-15-13(20)4-3-7-19(14)15/h3-4,7,11-12,20H,5-6,8-10H2,1-2H3. The van der Waals surface area contributed by atoms with Crippen LogP contribution >= 0.6 is 0 Å². The average molecular weight is 274 g/mol. The summed E-state index contributed by atoms with van der Waals surface area (Å²) in [5.41, 5.74) is 0.558. The van der Waals surface area contributed by atoms with Crippen molar-refractivity contribution >= 4 is 5.65 Å². The third kappa shape index (κ3) is 2.50. The molecule has 1 aliphatic heterocycles. The van der Waals surface area contributed by atoms with Crippen molar-refractivity contribution in [3.05, 3.63) is 24.2 Å². The number of piperidine rings is 1. The van der Waals surface area contributed by atoms with Gasteiger partial charge in [-0.1, -0.05) is 0 Å². The van der Waals surface area contributed by atoms with Crippen LogP contribution in [0.4, 0.5) is 0 Å². The van der Waals surface area contributed by atoms with Crippen LogP contribution in [0, 0.1) is 5.92 Å². The first-order valence-electron chi connectivity index (χ1n) is 7.41. The molecule has 5 heteroatoms. The topological polar surface area (TPSA) is 53.7 Å². The predicted molar refractivity (Wildman–Crippen MR) is 77.8 cm³/mol. The maximum absolute atomic E-state index is 9.76. The molecule has 5 nitrogen and oxygen atoms in total. The van der Waals surface area contributed by atoms with Gasteiger partial charge in [-0.25, -0.2) is 0 Å². The van der Waals surface area contributed by atoms with Crippen LogP contribution < -0.4 is 0 Å². The fourth-order valence-electron chi connectivity index (χ4n) is 3.02. The lowest BCUT2D eigenvalue weighted by atomic mass is 9.92. The summed E-state index contributed by atoms with van der Waals surface area (Å²) >= 11 is 0. The summed E-state index contributed by atoms with van der Waals surface area (Å²) in [4.78, 5) is 2.53. The van der Waals surface area contributed by atoms with Crippen molar-refractivity contribution in [2.75, 3.05) is 13.1 Å². The summed E-state index contributed by atoms with van der Waals surface area (Å²) in [5.74, 6) is 1.82. The van der Waals surface area contributed by atoms with Gasteiger partial charge in [0.1, 0.15) is 5.82 Å². The number of aromatic nitrogens is 3. The highest BCUT2D eigenvalue weighted by Gasteiger charge is 2.22. The number of rotatable bonds is 3. The molecule has 1 saturated heterocycles. The van der Waals surface area contributed by atoms with E-state index in [2.05, 4.69) is 28.9 Å². The summed E-state index contributed by atoms with van der Waals surface area (Å²) in [5, 5.41) is 18.1. The second-order valence-electron chi connectivity index (χ2n) is 5.98. The molecular formula is C15H22N4O. The second-order valence-corrected chi connectivity index (χ2v) is 5.98. The molecule has 1 aliphatic rings. The van der Waals surface area contributed by atoms with E-state index < -0.39 is 0 Å². The summed E-state index contributed by atoms with van der Waals surface area (Å²) in [7, 11) is 0. The Morgan fingerprint density at radius 1 is 1.30 bits per heavy atom. The zero-order chi connectivity index (χ0) is 14.1. The van der Waals surface area contributed by atoms with Crippen molar-refractivity contribution in [1.29, 1.82) is 0 Å². The molecule has 0 atom stereocenters. The van der Waals surface area contributed by atoms with Crippen molar-refractivity contribution in [2.24, 2.45) is 5.92 Å². The Bertz CT molecular complexity index is 585. The summed E-state index contributed by atoms with van der Waals surface area (Å²) in [6.07, 6.45) is 5.29. The highest BCUT2D eigenvalue weighted by molar-refractivity contribution is 5.51. The molecule has 0 bridgehead atoms. The molecule has 3 heterocycles. The van der Waals surface area contributed by atoms with E-state index in [1.807, 2.05) is 16.7 Å². The number of hydrogen-bond acceptors (Lipinski definition) is 4. The van der Waals surface area contributed by atoms with Gasteiger partial charge in [0.25, 0.3) is 0 Å². The van der Waals surface area contributed by atoms with E-state index in [1.54, 1.807) is 6.07 Å². The maximum Gasteiger partial charge on any atom is 0.203 e. The zero-order valence-corrected chi connectivity index (χ0v) is 12.2. The van der Waals surface area contributed by atoms with Gasteiger partial charge in [0.2, 0.25) is 5.65 Å². The van der Waals surface area contributed by atoms with E-state index in [0.29, 0.717) is 17.6 Å². The summed E-state index contributed by atoms with van der Waals surface area (Å²) in [6, 6.07) is 4.12. The molecule has 0 aliphatic carbocycles. The number of nitrogens with zero attached hydrogens (tertiary/aromatic N) is 4. The highest BCUT2D eigenvalue weighted by atomic mass is 16.3. The first-order chi connectivity index (χ1) is 9.65. The van der Waals surface area contributed by atoms with Gasteiger partial charge in [-0.2, -0.15) is 0 Å². The van der Waals surface area contributed by atoms with E-state index in [9.17, 15) is 5.11 Å². The lowest BCUT2D eigenvalue weighted by Gasteiger charge is -2.34. The number of likely N-dealkylation sites (tertiary alicyclic amines) is 1. The highest BCUT2D eigenvalue weighted by Crippen LogP contribution is 2.23. The van der Waals surface area contributed by atoms with Crippen LogP contribution in [0.1, 0.15) is 32.5 Å². The maximum atomic E-state index is 9.76. The lowest BCUT2D eigenvalue weighted by molar-refractivity contribution is 0.148. The minimum Gasteiger partial charge on any atom is -0.504 e. The molecule has 0 spiro atoms. The lowest BCUT2D eigenvalue weighted by Crippen LogP contribution is -2.38. The van der Waals surface area contributed by atoms with Crippen LogP contribution in [-0.2, 0) is 6.42 Å². The third-order valence-corrected chi connectivity index (χ3v) is 4.34. The van der Waals surface area contributed by atoms with E-state index in [4.69, 9.17) is 0 Å². The zero-order valence-electron chi connectivity index (χ0n) is 12.2. The van der Waals surface area contributed by atoms with Crippen molar-refractivity contribution in [3.8, 4) is 5.75 Å². The molecule has 2 aromatic heterocycles. The van der Waals surface area contributed by atoms with Gasteiger partial charge in [-0.05, 0) is 57.8 Å². The van der Waals surface area contributed by atoms with Crippen LogP contribution in [0.2, 0.25) is 0 Å². The normalized spacial score (nSPS) is 18.1. The van der Waals surface area contributed by atoms with Gasteiger partial charge in [0, 0.05) is 18.7 Å². The molecular weight excluding hydrogens is 252 g/mol. The SMILES string of the molecule is CC(C)N1CCC(Cc2nnc3c(O)cccn23)CC1. The molecule has 20 heavy (non-hydrogen) atoms. The molecule has 1 N–H and O–H groups in total. The first kappa shape index (κ1) is 13.4.